The van der Waals surface area contributed by atoms with E-state index in [4.69, 9.17) is 0 Å². The maximum atomic E-state index is 13.7. The molecule has 0 amide bonds. The molecule has 222 valence electrons. The number of ketones is 3. The van der Waals surface area contributed by atoms with E-state index in [0.29, 0.717) is 60.8 Å². The van der Waals surface area contributed by atoms with Crippen molar-refractivity contribution in [2.24, 2.45) is 53.3 Å². The Morgan fingerprint density at radius 3 is 1.45 bits per heavy atom. The van der Waals surface area contributed by atoms with Gasteiger partial charge in [-0.15, -0.1) is 0 Å². The van der Waals surface area contributed by atoms with Gasteiger partial charge < -0.3 is 0 Å². The fourth-order valence-electron chi connectivity index (χ4n) is 14.1. The van der Waals surface area contributed by atoms with Crippen molar-refractivity contribution in [1.82, 2.24) is 0 Å². The number of Topliss-reactive ketones (excluding diaryl/α,β-unsaturated/α-hetero) is 3. The molecule has 0 spiro atoms. The average molecular weight is 589 g/mol. The van der Waals surface area contributed by atoms with Crippen LogP contribution in [0.25, 0.3) is 0 Å². The Bertz CT molecular complexity index is 1510. The standard InChI is InChI=1S/C35H40O6S/c36-29-20-1-17-2-21(29)13-33(9-17,12-20)27-7-25(35-11-19-5-24(16-35)31(38)26(35)6-19)8-28(32(27)42(39,40)41)34-10-18-3-22(14-34)30(37)23(4-18)15-34/h7-8,17-24,26H,1-6,9-16H2,(H,39,40,41). The topological polar surface area (TPSA) is 106 Å². The number of carbonyl (C=O) groups excluding carboxylic acids is 3. The molecule has 1 N–H and O–H groups in total. The highest BCUT2D eigenvalue weighted by atomic mass is 32.2. The molecule has 8 atom stereocenters. The molecule has 12 bridgehead atoms. The summed E-state index contributed by atoms with van der Waals surface area (Å²) in [6, 6.07) is 4.29. The van der Waals surface area contributed by atoms with E-state index in [1.54, 1.807) is 0 Å². The average Bonchev–Trinajstić information content (AvgIpc) is 3.31. The van der Waals surface area contributed by atoms with E-state index >= 15 is 0 Å². The second-order valence-corrected chi connectivity index (χ2v) is 18.3. The maximum absolute atomic E-state index is 13.7. The first-order valence-electron chi connectivity index (χ1n) is 16.8. The fraction of sp³-hybridized carbons (Fsp3) is 0.743. The van der Waals surface area contributed by atoms with Gasteiger partial charge in [-0.3, -0.25) is 18.9 Å². The molecule has 8 unspecified atom stereocenters. The molecule has 12 aliphatic carbocycles. The lowest BCUT2D eigenvalue weighted by Gasteiger charge is -2.58. The Morgan fingerprint density at radius 2 is 1.00 bits per heavy atom. The fourth-order valence-corrected chi connectivity index (χ4v) is 15.2. The van der Waals surface area contributed by atoms with Crippen LogP contribution in [0.5, 0.6) is 0 Å². The summed E-state index contributed by atoms with van der Waals surface area (Å²) >= 11 is 0. The van der Waals surface area contributed by atoms with E-state index < -0.39 is 20.9 Å². The van der Waals surface area contributed by atoms with Crippen molar-refractivity contribution < 1.29 is 27.4 Å². The number of benzene rings is 1. The van der Waals surface area contributed by atoms with Crippen LogP contribution in [0.4, 0.5) is 0 Å². The molecule has 12 saturated carbocycles. The maximum Gasteiger partial charge on any atom is 0.295 e. The number of carbonyl (C=O) groups is 3. The van der Waals surface area contributed by atoms with Crippen LogP contribution in [0.3, 0.4) is 0 Å². The van der Waals surface area contributed by atoms with Crippen molar-refractivity contribution in [3.63, 3.8) is 0 Å². The Hall–Kier alpha value is -1.86. The van der Waals surface area contributed by atoms with Crippen molar-refractivity contribution in [2.45, 2.75) is 111 Å². The summed E-state index contributed by atoms with van der Waals surface area (Å²) in [5.74, 6) is 2.55. The summed E-state index contributed by atoms with van der Waals surface area (Å²) in [5, 5.41) is 0. The van der Waals surface area contributed by atoms with Crippen LogP contribution in [-0.2, 0) is 40.7 Å². The predicted molar refractivity (Wildman–Crippen MR) is 152 cm³/mol. The first-order valence-corrected chi connectivity index (χ1v) is 18.2. The van der Waals surface area contributed by atoms with E-state index in [1.807, 2.05) is 0 Å². The van der Waals surface area contributed by atoms with Crippen molar-refractivity contribution in [1.29, 1.82) is 0 Å². The second kappa shape index (κ2) is 7.67. The zero-order chi connectivity index (χ0) is 28.6. The number of hydrogen-bond donors (Lipinski definition) is 1. The molecule has 1 aromatic rings. The molecule has 6 nitrogen and oxygen atoms in total. The minimum atomic E-state index is -4.59. The Morgan fingerprint density at radius 1 is 0.571 bits per heavy atom. The monoisotopic (exact) mass is 588 g/mol. The zero-order valence-corrected chi connectivity index (χ0v) is 25.0. The smallest absolute Gasteiger partial charge is 0.295 e. The van der Waals surface area contributed by atoms with Crippen LogP contribution in [-0.4, -0.2) is 30.3 Å². The van der Waals surface area contributed by atoms with E-state index in [-0.39, 0.29) is 45.8 Å². The first-order chi connectivity index (χ1) is 20.0. The third-order valence-corrected chi connectivity index (χ3v) is 15.9. The Balaban J connectivity index is 1.24. The lowest BCUT2D eigenvalue weighted by atomic mass is 9.45. The number of rotatable bonds is 4. The normalized spacial score (nSPS) is 51.0. The summed E-state index contributed by atoms with van der Waals surface area (Å²) in [6.07, 6.45) is 11.8. The molecule has 0 aromatic heterocycles. The van der Waals surface area contributed by atoms with Gasteiger partial charge >= 0.3 is 0 Å². The summed E-state index contributed by atoms with van der Waals surface area (Å²) < 4.78 is 38.6. The quantitative estimate of drug-likeness (QED) is 0.467. The van der Waals surface area contributed by atoms with Crippen LogP contribution >= 0.6 is 0 Å². The van der Waals surface area contributed by atoms with Crippen LogP contribution in [0, 0.1) is 53.3 Å². The van der Waals surface area contributed by atoms with Crippen molar-refractivity contribution in [3.8, 4) is 0 Å². The minimum Gasteiger partial charge on any atom is -0.299 e. The highest BCUT2D eigenvalue weighted by molar-refractivity contribution is 7.86. The molecule has 0 radical (unpaired) electrons. The zero-order valence-electron chi connectivity index (χ0n) is 24.1. The van der Waals surface area contributed by atoms with Gasteiger partial charge in [-0.05, 0) is 135 Å². The predicted octanol–water partition coefficient (Wildman–Crippen LogP) is 5.48. The van der Waals surface area contributed by atoms with Gasteiger partial charge in [-0.1, -0.05) is 12.1 Å². The van der Waals surface area contributed by atoms with Crippen LogP contribution in [0.2, 0.25) is 0 Å². The lowest BCUT2D eigenvalue weighted by molar-refractivity contribution is -0.142. The van der Waals surface area contributed by atoms with E-state index in [2.05, 4.69) is 12.1 Å². The first kappa shape index (κ1) is 25.5. The van der Waals surface area contributed by atoms with Gasteiger partial charge in [-0.2, -0.15) is 8.42 Å². The summed E-state index contributed by atoms with van der Waals surface area (Å²) in [6.45, 7) is 0. The van der Waals surface area contributed by atoms with Gasteiger partial charge in [0, 0.05) is 40.9 Å². The number of hydrogen-bond acceptors (Lipinski definition) is 5. The minimum absolute atomic E-state index is 0.00872. The highest BCUT2D eigenvalue weighted by Crippen LogP contribution is 2.68. The molecule has 1 aromatic carbocycles. The third-order valence-electron chi connectivity index (χ3n) is 14.9. The molecule has 42 heavy (non-hydrogen) atoms. The molecular weight excluding hydrogens is 548 g/mol. The SMILES string of the molecule is O=C1C2CC3CC1CC(c1cc(C45CC6CC(C4)C(=O)C5C6)cc(C45CC6CC(C4)C(=O)C(C6)C5)c1S(=O)(=O)O)(C3)C2. The van der Waals surface area contributed by atoms with Crippen LogP contribution < -0.4 is 0 Å². The molecule has 0 heterocycles. The molecule has 13 rings (SSSR count). The third kappa shape index (κ3) is 3.01. The van der Waals surface area contributed by atoms with Gasteiger partial charge in [0.25, 0.3) is 10.1 Å². The van der Waals surface area contributed by atoms with Crippen LogP contribution in [0.1, 0.15) is 107 Å². The molecular formula is C35H40O6S. The lowest BCUT2D eigenvalue weighted by Crippen LogP contribution is -2.55. The molecule has 0 aliphatic heterocycles. The Labute approximate surface area is 247 Å². The molecule has 12 aliphatic rings. The van der Waals surface area contributed by atoms with Gasteiger partial charge in [0.2, 0.25) is 0 Å². The van der Waals surface area contributed by atoms with E-state index in [9.17, 15) is 27.4 Å². The Kier molecular flexibility index (Phi) is 4.65. The van der Waals surface area contributed by atoms with Gasteiger partial charge in [0.05, 0.1) is 0 Å². The van der Waals surface area contributed by atoms with Crippen molar-refractivity contribution in [2.75, 3.05) is 0 Å². The molecule has 12 fully saturated rings. The van der Waals surface area contributed by atoms with Gasteiger partial charge in [0.15, 0.2) is 0 Å². The highest BCUT2D eigenvalue weighted by Gasteiger charge is 2.65. The summed E-state index contributed by atoms with van der Waals surface area (Å²) in [7, 11) is -4.59. The molecule has 0 saturated heterocycles. The van der Waals surface area contributed by atoms with E-state index in [1.165, 1.54) is 0 Å². The second-order valence-electron chi connectivity index (χ2n) is 17.0. The van der Waals surface area contributed by atoms with E-state index in [0.717, 1.165) is 80.9 Å². The summed E-state index contributed by atoms with van der Waals surface area (Å²) in [5.41, 5.74) is 1.54. The van der Waals surface area contributed by atoms with Crippen molar-refractivity contribution >= 4 is 27.5 Å². The van der Waals surface area contributed by atoms with Gasteiger partial charge in [-0.25, -0.2) is 0 Å². The largest absolute Gasteiger partial charge is 0.299 e. The molecule has 7 heteroatoms. The van der Waals surface area contributed by atoms with Crippen molar-refractivity contribution in [3.05, 3.63) is 28.8 Å². The van der Waals surface area contributed by atoms with Crippen LogP contribution in [0.15, 0.2) is 17.0 Å². The van der Waals surface area contributed by atoms with Gasteiger partial charge in [0.1, 0.15) is 22.2 Å². The summed E-state index contributed by atoms with van der Waals surface area (Å²) in [4.78, 5) is 40.1.